The maximum atomic E-state index is 5.91. The molecule has 0 fully saturated rings. The third kappa shape index (κ3) is 8.09. The molecule has 0 aromatic heterocycles. The molecule has 0 radical (unpaired) electrons. The topological polar surface area (TPSA) is 36.9 Å². The van der Waals surface area contributed by atoms with Crippen LogP contribution in [0.15, 0.2) is 59.7 Å². The molecule has 1 atom stereocenters. The second-order valence-corrected chi connectivity index (χ2v) is 9.08. The minimum Gasteiger partial charge on any atom is -0.457 e. The van der Waals surface area contributed by atoms with Crippen LogP contribution in [0.2, 0.25) is 0 Å². The van der Waals surface area contributed by atoms with Gasteiger partial charge in [-0.15, -0.1) is 12.6 Å². The number of anilines is 1. The molecule has 2 aromatic rings. The van der Waals surface area contributed by atoms with Crippen molar-refractivity contribution >= 4 is 24.2 Å². The molecule has 4 nitrogen and oxygen atoms in total. The largest absolute Gasteiger partial charge is 0.457 e. The van der Waals surface area contributed by atoms with Gasteiger partial charge in [0, 0.05) is 12.1 Å². The number of thiol groups is 1. The lowest BCUT2D eigenvalue weighted by atomic mass is 10.0. The van der Waals surface area contributed by atoms with E-state index in [1.165, 1.54) is 70.6 Å². The second-order valence-electron chi connectivity index (χ2n) is 8.60. The highest BCUT2D eigenvalue weighted by atomic mass is 32.1. The molecule has 32 heavy (non-hydrogen) atoms. The molecular weight excluding hydrogens is 414 g/mol. The molecule has 2 aromatic carbocycles. The van der Waals surface area contributed by atoms with Crippen LogP contribution in [0.4, 0.5) is 5.69 Å². The molecule has 0 bridgehead atoms. The van der Waals surface area contributed by atoms with Crippen molar-refractivity contribution < 1.29 is 4.74 Å². The summed E-state index contributed by atoms with van der Waals surface area (Å²) in [7, 11) is 0. The van der Waals surface area contributed by atoms with Gasteiger partial charge in [0.05, 0.1) is 0 Å². The van der Waals surface area contributed by atoms with Crippen molar-refractivity contribution in [3.05, 3.63) is 54.6 Å². The van der Waals surface area contributed by atoms with Crippen LogP contribution in [0.3, 0.4) is 0 Å². The summed E-state index contributed by atoms with van der Waals surface area (Å²) in [5, 5.41) is 4.53. The van der Waals surface area contributed by atoms with Crippen molar-refractivity contribution in [1.82, 2.24) is 5.43 Å². The molecule has 0 aliphatic carbocycles. The van der Waals surface area contributed by atoms with E-state index in [4.69, 9.17) is 4.74 Å². The van der Waals surface area contributed by atoms with Crippen LogP contribution in [0.5, 0.6) is 11.5 Å². The normalized spacial score (nSPS) is 15.5. The fourth-order valence-electron chi connectivity index (χ4n) is 4.10. The van der Waals surface area contributed by atoms with E-state index in [1.54, 1.807) is 0 Å². The number of amidine groups is 1. The van der Waals surface area contributed by atoms with Crippen LogP contribution >= 0.6 is 12.6 Å². The Morgan fingerprint density at radius 3 is 1.97 bits per heavy atom. The molecule has 1 aliphatic heterocycles. The van der Waals surface area contributed by atoms with E-state index < -0.39 is 0 Å². The Morgan fingerprint density at radius 2 is 1.34 bits per heavy atom. The standard InChI is InChI=1S/C27H39N3OS/c1-2-3-4-5-6-7-8-9-10-11-15-18-26-28-29-27(32)30(26)23-19-21-25(22-20-23)31-24-16-13-12-14-17-24/h12-14,16-17,19-22,27,29,32H,2-11,15,18H2,1H3. The summed E-state index contributed by atoms with van der Waals surface area (Å²) < 4.78 is 5.91. The van der Waals surface area contributed by atoms with E-state index >= 15 is 0 Å². The van der Waals surface area contributed by atoms with Gasteiger partial charge in [-0.05, 0) is 42.8 Å². The Morgan fingerprint density at radius 1 is 0.781 bits per heavy atom. The zero-order valence-electron chi connectivity index (χ0n) is 19.5. The third-order valence-electron chi connectivity index (χ3n) is 5.93. The van der Waals surface area contributed by atoms with Crippen molar-refractivity contribution in [2.75, 3.05) is 4.90 Å². The van der Waals surface area contributed by atoms with Gasteiger partial charge in [-0.25, -0.2) is 0 Å². The SMILES string of the molecule is CCCCCCCCCCCCCC1=NNC(S)N1c1ccc(Oc2ccccc2)cc1. The monoisotopic (exact) mass is 453 g/mol. The Kier molecular flexibility index (Phi) is 10.8. The minimum atomic E-state index is -0.126. The molecule has 3 rings (SSSR count). The Bertz CT molecular complexity index is 794. The van der Waals surface area contributed by atoms with Gasteiger partial charge >= 0.3 is 0 Å². The smallest absolute Gasteiger partial charge is 0.165 e. The molecule has 0 spiro atoms. The predicted octanol–water partition coefficient (Wildman–Crippen LogP) is 8.12. The number of hydrogen-bond acceptors (Lipinski definition) is 5. The maximum Gasteiger partial charge on any atom is 0.165 e. The fourth-order valence-corrected chi connectivity index (χ4v) is 4.42. The quantitative estimate of drug-likeness (QED) is 0.211. The molecule has 0 amide bonds. The summed E-state index contributed by atoms with van der Waals surface area (Å²) in [4.78, 5) is 2.17. The van der Waals surface area contributed by atoms with Crippen LogP contribution in [-0.2, 0) is 0 Å². The lowest BCUT2D eigenvalue weighted by Gasteiger charge is -2.24. The van der Waals surface area contributed by atoms with Gasteiger partial charge in [0.15, 0.2) is 5.50 Å². The average molecular weight is 454 g/mol. The molecule has 1 aliphatic rings. The maximum absolute atomic E-state index is 5.91. The van der Waals surface area contributed by atoms with Gasteiger partial charge in [0.2, 0.25) is 0 Å². The predicted molar refractivity (Wildman–Crippen MR) is 140 cm³/mol. The van der Waals surface area contributed by atoms with Crippen LogP contribution in [0, 0.1) is 0 Å². The fraction of sp³-hybridized carbons (Fsp3) is 0.519. The molecule has 1 heterocycles. The number of rotatable bonds is 15. The summed E-state index contributed by atoms with van der Waals surface area (Å²) in [5.41, 5.74) is 4.06. The molecule has 0 saturated carbocycles. The van der Waals surface area contributed by atoms with Crippen LogP contribution in [-0.4, -0.2) is 11.3 Å². The van der Waals surface area contributed by atoms with Gasteiger partial charge < -0.3 is 4.74 Å². The first-order chi connectivity index (χ1) is 15.8. The van der Waals surface area contributed by atoms with E-state index in [1.807, 2.05) is 42.5 Å². The third-order valence-corrected chi connectivity index (χ3v) is 6.28. The van der Waals surface area contributed by atoms with Gasteiger partial charge in [0.25, 0.3) is 0 Å². The highest BCUT2D eigenvalue weighted by Crippen LogP contribution is 2.28. The summed E-state index contributed by atoms with van der Waals surface area (Å²) in [6.07, 6.45) is 15.9. The first-order valence-electron chi connectivity index (χ1n) is 12.4. The number of ether oxygens (including phenoxy) is 1. The Balaban J connectivity index is 1.36. The number of nitrogens with one attached hydrogen (secondary N) is 1. The van der Waals surface area contributed by atoms with E-state index in [9.17, 15) is 0 Å². The van der Waals surface area contributed by atoms with Gasteiger partial charge in [0.1, 0.15) is 17.3 Å². The van der Waals surface area contributed by atoms with Gasteiger partial charge in [-0.2, -0.15) is 5.10 Å². The summed E-state index contributed by atoms with van der Waals surface area (Å²) in [6, 6.07) is 18.0. The molecule has 1 N–H and O–H groups in total. The highest BCUT2D eigenvalue weighted by molar-refractivity contribution is 7.81. The van der Waals surface area contributed by atoms with Crippen LogP contribution in [0.25, 0.3) is 0 Å². The number of hydrazone groups is 1. The Labute approximate surface area is 199 Å². The number of para-hydroxylation sites is 1. The van der Waals surface area contributed by atoms with Crippen LogP contribution < -0.4 is 15.1 Å². The van der Waals surface area contributed by atoms with Gasteiger partial charge in [-0.1, -0.05) is 89.3 Å². The molecule has 1 unspecified atom stereocenters. The van der Waals surface area contributed by atoms with E-state index in [0.29, 0.717) is 0 Å². The summed E-state index contributed by atoms with van der Waals surface area (Å²) >= 11 is 4.67. The Hall–Kier alpha value is -2.14. The van der Waals surface area contributed by atoms with E-state index in [-0.39, 0.29) is 5.50 Å². The summed E-state index contributed by atoms with van der Waals surface area (Å²) in [6.45, 7) is 2.28. The van der Waals surface area contributed by atoms with E-state index in [0.717, 1.165) is 29.4 Å². The average Bonchev–Trinajstić information content (AvgIpc) is 3.19. The summed E-state index contributed by atoms with van der Waals surface area (Å²) in [5.74, 6) is 2.73. The lowest BCUT2D eigenvalue weighted by Crippen LogP contribution is -2.36. The number of benzene rings is 2. The molecule has 5 heteroatoms. The van der Waals surface area contributed by atoms with Crippen molar-refractivity contribution in [1.29, 1.82) is 0 Å². The van der Waals surface area contributed by atoms with Crippen molar-refractivity contribution in [3.8, 4) is 11.5 Å². The van der Waals surface area contributed by atoms with Crippen molar-refractivity contribution in [2.45, 2.75) is 89.5 Å². The number of hydrogen-bond donors (Lipinski definition) is 2. The van der Waals surface area contributed by atoms with Crippen molar-refractivity contribution in [3.63, 3.8) is 0 Å². The molecule has 174 valence electrons. The van der Waals surface area contributed by atoms with Crippen LogP contribution in [0.1, 0.15) is 84.0 Å². The second kappa shape index (κ2) is 14.1. The first-order valence-corrected chi connectivity index (χ1v) is 12.9. The highest BCUT2D eigenvalue weighted by Gasteiger charge is 2.25. The minimum absolute atomic E-state index is 0.126. The zero-order valence-corrected chi connectivity index (χ0v) is 20.4. The number of unbranched alkanes of at least 4 members (excludes halogenated alkanes) is 10. The van der Waals surface area contributed by atoms with E-state index in [2.05, 4.69) is 47.1 Å². The molecular formula is C27H39N3OS. The van der Waals surface area contributed by atoms with Gasteiger partial charge in [-0.3, -0.25) is 10.3 Å². The first kappa shape index (κ1) is 24.5. The lowest BCUT2D eigenvalue weighted by molar-refractivity contribution is 0.482. The molecule has 0 saturated heterocycles. The van der Waals surface area contributed by atoms with Crippen molar-refractivity contribution in [2.24, 2.45) is 5.10 Å². The number of nitrogens with zero attached hydrogens (tertiary/aromatic N) is 2. The zero-order chi connectivity index (χ0) is 22.4.